The van der Waals surface area contributed by atoms with E-state index in [2.05, 4.69) is 4.98 Å². The van der Waals surface area contributed by atoms with Gasteiger partial charge in [-0.2, -0.15) is 5.26 Å². The summed E-state index contributed by atoms with van der Waals surface area (Å²) in [5, 5.41) is 8.07. The molecule has 0 aliphatic carbocycles. The van der Waals surface area contributed by atoms with E-state index in [4.69, 9.17) is 5.26 Å². The van der Waals surface area contributed by atoms with Gasteiger partial charge >= 0.3 is 0 Å². The van der Waals surface area contributed by atoms with Gasteiger partial charge in [-0.25, -0.2) is 8.42 Å². The van der Waals surface area contributed by atoms with Crippen molar-refractivity contribution in [1.82, 2.24) is 4.98 Å². The molecule has 1 heterocycles. The number of rotatable bonds is 2. The molecule has 0 spiro atoms. The van der Waals surface area contributed by atoms with Crippen LogP contribution in [-0.4, -0.2) is 19.7 Å². The Bertz CT molecular complexity index is 515. The molecule has 5 heteroatoms. The number of aromatic nitrogens is 1. The van der Waals surface area contributed by atoms with Crippen LogP contribution in [0.1, 0.15) is 29.0 Å². The molecule has 1 aromatic heterocycles. The number of sulfone groups is 1. The summed E-state index contributed by atoms with van der Waals surface area (Å²) in [4.78, 5) is 4.00. The van der Waals surface area contributed by atoms with Crippen molar-refractivity contribution in [3.63, 3.8) is 0 Å². The van der Waals surface area contributed by atoms with E-state index < -0.39 is 15.1 Å². The molecule has 15 heavy (non-hydrogen) atoms. The highest BCUT2D eigenvalue weighted by molar-refractivity contribution is 7.90. The molecule has 1 rings (SSSR count). The van der Waals surface area contributed by atoms with Crippen LogP contribution in [-0.2, 0) is 9.84 Å². The number of nitrogens with zero attached hydrogens (tertiary/aromatic N) is 2. The van der Waals surface area contributed by atoms with E-state index >= 15 is 0 Å². The van der Waals surface area contributed by atoms with Crippen LogP contribution in [0.5, 0.6) is 0 Å². The van der Waals surface area contributed by atoms with Crippen molar-refractivity contribution in [2.75, 3.05) is 6.26 Å². The highest BCUT2D eigenvalue weighted by Gasteiger charge is 2.20. The zero-order chi connectivity index (χ0) is 11.6. The minimum Gasteiger partial charge on any atom is -0.260 e. The van der Waals surface area contributed by atoms with Crippen LogP contribution in [0.2, 0.25) is 0 Å². The zero-order valence-electron chi connectivity index (χ0n) is 8.85. The predicted octanol–water partition coefficient (Wildman–Crippen LogP) is 1.37. The van der Waals surface area contributed by atoms with E-state index in [0.29, 0.717) is 16.8 Å². The molecule has 0 bridgehead atoms. The second kappa shape index (κ2) is 3.99. The minimum atomic E-state index is -3.15. The standard InChI is InChI=1S/C10H12N2O2S/c1-7-10(8(2)15(3,13)14)4-9(5-11)6-12-7/h4,6,8H,1-3H3. The second-order valence-electron chi connectivity index (χ2n) is 3.48. The minimum absolute atomic E-state index is 0.381. The van der Waals surface area contributed by atoms with Gasteiger partial charge in [-0.1, -0.05) is 0 Å². The SMILES string of the molecule is Cc1ncc(C#N)cc1C(C)S(C)(=O)=O. The second-order valence-corrected chi connectivity index (χ2v) is 5.85. The molecular formula is C10H12N2O2S. The third kappa shape index (κ3) is 2.54. The quantitative estimate of drug-likeness (QED) is 0.760. The van der Waals surface area contributed by atoms with Crippen LogP contribution < -0.4 is 0 Å². The molecule has 0 saturated carbocycles. The average Bonchev–Trinajstić information content (AvgIpc) is 2.16. The smallest absolute Gasteiger partial charge is 0.154 e. The third-order valence-corrected chi connectivity index (χ3v) is 3.87. The van der Waals surface area contributed by atoms with Crippen LogP contribution in [0.3, 0.4) is 0 Å². The van der Waals surface area contributed by atoms with Gasteiger partial charge in [-0.3, -0.25) is 4.98 Å². The molecule has 0 aromatic carbocycles. The molecule has 0 N–H and O–H groups in total. The van der Waals surface area contributed by atoms with Crippen molar-refractivity contribution >= 4 is 9.84 Å². The normalized spacial score (nSPS) is 13.2. The molecule has 80 valence electrons. The van der Waals surface area contributed by atoms with Gasteiger partial charge in [-0.15, -0.1) is 0 Å². The summed E-state index contributed by atoms with van der Waals surface area (Å²) in [6, 6.07) is 3.52. The topological polar surface area (TPSA) is 70.8 Å². The molecule has 0 saturated heterocycles. The average molecular weight is 224 g/mol. The van der Waals surface area contributed by atoms with Gasteiger partial charge in [-0.05, 0) is 25.5 Å². The predicted molar refractivity (Wildman–Crippen MR) is 56.9 cm³/mol. The fourth-order valence-corrected chi connectivity index (χ4v) is 1.95. The van der Waals surface area contributed by atoms with Crippen molar-refractivity contribution in [2.24, 2.45) is 0 Å². The number of nitriles is 1. The fraction of sp³-hybridized carbons (Fsp3) is 0.400. The van der Waals surface area contributed by atoms with Gasteiger partial charge in [0.1, 0.15) is 6.07 Å². The van der Waals surface area contributed by atoms with Gasteiger partial charge in [0, 0.05) is 18.1 Å². The molecule has 0 aliphatic rings. The van der Waals surface area contributed by atoms with Crippen molar-refractivity contribution in [1.29, 1.82) is 5.26 Å². The maximum Gasteiger partial charge on any atom is 0.154 e. The van der Waals surface area contributed by atoms with Crippen LogP contribution in [0, 0.1) is 18.3 Å². The number of aryl methyl sites for hydroxylation is 1. The molecule has 0 fully saturated rings. The summed E-state index contributed by atoms with van der Waals surface area (Å²) in [5.41, 5.74) is 1.62. The van der Waals surface area contributed by atoms with E-state index in [1.807, 2.05) is 6.07 Å². The molecule has 4 nitrogen and oxygen atoms in total. The Morgan fingerprint density at radius 3 is 2.60 bits per heavy atom. The molecule has 0 aliphatic heterocycles. The van der Waals surface area contributed by atoms with Crippen molar-refractivity contribution in [3.05, 3.63) is 29.1 Å². The summed E-state index contributed by atoms with van der Waals surface area (Å²) in [6.45, 7) is 3.33. The maximum absolute atomic E-state index is 11.4. The molecule has 0 radical (unpaired) electrons. The van der Waals surface area contributed by atoms with Crippen molar-refractivity contribution in [2.45, 2.75) is 19.1 Å². The Kier molecular flexibility index (Phi) is 3.10. The summed E-state index contributed by atoms with van der Waals surface area (Å²) in [7, 11) is -3.15. The monoisotopic (exact) mass is 224 g/mol. The summed E-state index contributed by atoms with van der Waals surface area (Å²) in [5.74, 6) is 0. The van der Waals surface area contributed by atoms with E-state index in [0.717, 1.165) is 0 Å². The number of pyridine rings is 1. The molecule has 1 unspecified atom stereocenters. The Morgan fingerprint density at radius 2 is 2.13 bits per heavy atom. The molecule has 0 amide bonds. The number of hydrogen-bond donors (Lipinski definition) is 0. The van der Waals surface area contributed by atoms with Crippen molar-refractivity contribution < 1.29 is 8.42 Å². The summed E-state index contributed by atoms with van der Waals surface area (Å²) >= 11 is 0. The van der Waals surface area contributed by atoms with Gasteiger partial charge < -0.3 is 0 Å². The number of hydrogen-bond acceptors (Lipinski definition) is 4. The lowest BCUT2D eigenvalue weighted by molar-refractivity contribution is 0.591. The van der Waals surface area contributed by atoms with E-state index in [1.165, 1.54) is 12.5 Å². The molecule has 1 aromatic rings. The Hall–Kier alpha value is -1.41. The largest absolute Gasteiger partial charge is 0.260 e. The van der Waals surface area contributed by atoms with E-state index in [1.54, 1.807) is 19.9 Å². The molecular weight excluding hydrogens is 212 g/mol. The zero-order valence-corrected chi connectivity index (χ0v) is 9.67. The lowest BCUT2D eigenvalue weighted by Crippen LogP contribution is -2.10. The maximum atomic E-state index is 11.4. The Balaban J connectivity index is 3.32. The van der Waals surface area contributed by atoms with Crippen LogP contribution >= 0.6 is 0 Å². The van der Waals surface area contributed by atoms with E-state index in [9.17, 15) is 8.42 Å². The first-order chi connectivity index (χ1) is 6.86. The first-order valence-electron chi connectivity index (χ1n) is 4.41. The van der Waals surface area contributed by atoms with Crippen LogP contribution in [0.4, 0.5) is 0 Å². The van der Waals surface area contributed by atoms with Crippen LogP contribution in [0.25, 0.3) is 0 Å². The highest BCUT2D eigenvalue weighted by Crippen LogP contribution is 2.23. The van der Waals surface area contributed by atoms with Gasteiger partial charge in [0.15, 0.2) is 9.84 Å². The van der Waals surface area contributed by atoms with Gasteiger partial charge in [0.2, 0.25) is 0 Å². The van der Waals surface area contributed by atoms with Crippen LogP contribution in [0.15, 0.2) is 12.3 Å². The van der Waals surface area contributed by atoms with Gasteiger partial charge in [0.05, 0.1) is 10.8 Å². The van der Waals surface area contributed by atoms with Crippen molar-refractivity contribution in [3.8, 4) is 6.07 Å². The summed E-state index contributed by atoms with van der Waals surface area (Å²) < 4.78 is 22.7. The first-order valence-corrected chi connectivity index (χ1v) is 6.37. The first kappa shape index (κ1) is 11.7. The fourth-order valence-electron chi connectivity index (χ4n) is 1.25. The highest BCUT2D eigenvalue weighted by atomic mass is 32.2. The Labute approximate surface area is 89.5 Å². The lowest BCUT2D eigenvalue weighted by atomic mass is 10.1. The van der Waals surface area contributed by atoms with Gasteiger partial charge in [0.25, 0.3) is 0 Å². The third-order valence-electron chi connectivity index (χ3n) is 2.34. The Morgan fingerprint density at radius 1 is 1.53 bits per heavy atom. The summed E-state index contributed by atoms with van der Waals surface area (Å²) in [6.07, 6.45) is 2.62. The molecule has 1 atom stereocenters. The van der Waals surface area contributed by atoms with E-state index in [-0.39, 0.29) is 0 Å². The lowest BCUT2D eigenvalue weighted by Gasteiger charge is -2.11.